The largest absolute Gasteiger partial charge is 0.478 e. The Labute approximate surface area is 126 Å². The molecule has 3 aromatic rings. The Bertz CT molecular complexity index is 817. The molecule has 0 fully saturated rings. The van der Waals surface area contributed by atoms with E-state index in [1.165, 1.54) is 6.07 Å². The van der Waals surface area contributed by atoms with E-state index < -0.39 is 5.97 Å². The van der Waals surface area contributed by atoms with Gasteiger partial charge in [0.05, 0.1) is 12.1 Å². The second kappa shape index (κ2) is 5.73. The molecule has 0 aliphatic heterocycles. The molecular weight excluding hydrogens is 282 g/mol. The van der Waals surface area contributed by atoms with Gasteiger partial charge in [0.1, 0.15) is 5.58 Å². The summed E-state index contributed by atoms with van der Waals surface area (Å²) in [5.41, 5.74) is 1.18. The summed E-state index contributed by atoms with van der Waals surface area (Å²) in [7, 11) is 0. The van der Waals surface area contributed by atoms with Gasteiger partial charge in [-0.05, 0) is 24.3 Å². The number of fused-ring (bicyclic) bond motifs is 1. The molecule has 0 aliphatic carbocycles. The van der Waals surface area contributed by atoms with Crippen LogP contribution >= 0.6 is 0 Å². The van der Waals surface area contributed by atoms with Gasteiger partial charge in [0.2, 0.25) is 5.78 Å². The fourth-order valence-corrected chi connectivity index (χ4v) is 2.21. The van der Waals surface area contributed by atoms with E-state index in [0.29, 0.717) is 11.3 Å². The van der Waals surface area contributed by atoms with Crippen molar-refractivity contribution in [3.8, 4) is 0 Å². The van der Waals surface area contributed by atoms with Crippen molar-refractivity contribution in [2.75, 3.05) is 11.9 Å². The number of hydrogen-bond donors (Lipinski definition) is 2. The zero-order valence-electron chi connectivity index (χ0n) is 11.6. The molecule has 2 aromatic carbocycles. The molecule has 0 amide bonds. The van der Waals surface area contributed by atoms with Crippen LogP contribution < -0.4 is 5.32 Å². The van der Waals surface area contributed by atoms with Gasteiger partial charge in [0, 0.05) is 11.1 Å². The number of anilines is 1. The van der Waals surface area contributed by atoms with Crippen molar-refractivity contribution in [2.45, 2.75) is 0 Å². The molecule has 2 N–H and O–H groups in total. The van der Waals surface area contributed by atoms with Gasteiger partial charge in [-0.15, -0.1) is 0 Å². The highest BCUT2D eigenvalue weighted by Crippen LogP contribution is 2.20. The summed E-state index contributed by atoms with van der Waals surface area (Å²) in [6.45, 7) is -0.0376. The zero-order chi connectivity index (χ0) is 15.5. The first-order valence-corrected chi connectivity index (χ1v) is 6.73. The van der Waals surface area contributed by atoms with Crippen LogP contribution in [0.25, 0.3) is 11.0 Å². The van der Waals surface area contributed by atoms with Crippen molar-refractivity contribution in [2.24, 2.45) is 0 Å². The molecule has 0 radical (unpaired) electrons. The predicted molar refractivity (Wildman–Crippen MR) is 82.4 cm³/mol. The van der Waals surface area contributed by atoms with Crippen molar-refractivity contribution >= 4 is 28.4 Å². The number of carboxylic acid groups (broad SMARTS) is 1. The van der Waals surface area contributed by atoms with Gasteiger partial charge >= 0.3 is 5.97 Å². The maximum atomic E-state index is 12.2. The van der Waals surface area contributed by atoms with Gasteiger partial charge < -0.3 is 14.8 Å². The Morgan fingerprint density at radius 3 is 2.55 bits per heavy atom. The third kappa shape index (κ3) is 2.69. The van der Waals surface area contributed by atoms with Crippen LogP contribution in [0.15, 0.2) is 59.0 Å². The molecule has 0 bridgehead atoms. The summed E-state index contributed by atoms with van der Waals surface area (Å²) in [6.07, 6.45) is 0. The molecule has 5 nitrogen and oxygen atoms in total. The lowest BCUT2D eigenvalue weighted by Gasteiger charge is -2.07. The van der Waals surface area contributed by atoms with E-state index in [1.54, 1.807) is 30.3 Å². The molecule has 22 heavy (non-hydrogen) atoms. The van der Waals surface area contributed by atoms with E-state index in [2.05, 4.69) is 5.32 Å². The van der Waals surface area contributed by atoms with E-state index in [4.69, 9.17) is 9.52 Å². The van der Waals surface area contributed by atoms with Gasteiger partial charge in [0.25, 0.3) is 0 Å². The van der Waals surface area contributed by atoms with Crippen LogP contribution in [0.4, 0.5) is 5.69 Å². The fraction of sp³-hybridized carbons (Fsp3) is 0.0588. The van der Waals surface area contributed by atoms with Gasteiger partial charge in [-0.25, -0.2) is 4.79 Å². The molecular formula is C17H13NO4. The number of ketones is 1. The number of carbonyl (C=O) groups is 2. The molecule has 110 valence electrons. The number of Topliss-reactive ketones (excluding diaryl/α,β-unsaturated/α-hetero) is 1. The lowest BCUT2D eigenvalue weighted by atomic mass is 10.1. The minimum Gasteiger partial charge on any atom is -0.478 e. The topological polar surface area (TPSA) is 79.5 Å². The zero-order valence-corrected chi connectivity index (χ0v) is 11.6. The normalized spacial score (nSPS) is 10.5. The van der Waals surface area contributed by atoms with Crippen LogP contribution in [0, 0.1) is 0 Å². The number of hydrogen-bond acceptors (Lipinski definition) is 4. The van der Waals surface area contributed by atoms with E-state index in [-0.39, 0.29) is 23.7 Å². The summed E-state index contributed by atoms with van der Waals surface area (Å²) in [5.74, 6) is -1.03. The summed E-state index contributed by atoms with van der Waals surface area (Å²) in [5, 5.41) is 12.8. The van der Waals surface area contributed by atoms with Crippen LogP contribution in [-0.2, 0) is 0 Å². The molecule has 5 heteroatoms. The number of rotatable bonds is 5. The van der Waals surface area contributed by atoms with Crippen LogP contribution in [0.1, 0.15) is 20.9 Å². The molecule has 0 spiro atoms. The summed E-state index contributed by atoms with van der Waals surface area (Å²) in [4.78, 5) is 23.3. The van der Waals surface area contributed by atoms with Gasteiger partial charge in [-0.3, -0.25) is 4.79 Å². The Balaban J connectivity index is 1.76. The highest BCUT2D eigenvalue weighted by atomic mass is 16.4. The van der Waals surface area contributed by atoms with Gasteiger partial charge in [-0.2, -0.15) is 0 Å². The fourth-order valence-electron chi connectivity index (χ4n) is 2.21. The Morgan fingerprint density at radius 2 is 1.77 bits per heavy atom. The number of furan rings is 1. The van der Waals surface area contributed by atoms with Crippen molar-refractivity contribution in [3.05, 3.63) is 65.9 Å². The number of nitrogens with one attached hydrogen (secondary N) is 1. The lowest BCUT2D eigenvalue weighted by Crippen LogP contribution is -2.15. The second-order valence-corrected chi connectivity index (χ2v) is 4.78. The SMILES string of the molecule is O=C(CNc1ccccc1C(=O)O)c1cc2ccccc2o1. The van der Waals surface area contributed by atoms with Crippen LogP contribution in [0.3, 0.4) is 0 Å². The monoisotopic (exact) mass is 295 g/mol. The van der Waals surface area contributed by atoms with Crippen LogP contribution in [0.2, 0.25) is 0 Å². The third-order valence-electron chi connectivity index (χ3n) is 3.30. The standard InChI is InChI=1S/C17H13NO4/c19-14(16-9-11-5-1-4-8-15(11)22-16)10-18-13-7-3-2-6-12(13)17(20)21/h1-9,18H,10H2,(H,20,21). The average Bonchev–Trinajstić information content (AvgIpc) is 2.97. The maximum absolute atomic E-state index is 12.2. The highest BCUT2D eigenvalue weighted by molar-refractivity contribution is 6.01. The molecule has 0 saturated heterocycles. The van der Waals surface area contributed by atoms with Crippen LogP contribution in [-0.4, -0.2) is 23.4 Å². The molecule has 0 saturated carbocycles. The number of carboxylic acids is 1. The molecule has 0 aliphatic rings. The summed E-state index contributed by atoms with van der Waals surface area (Å²) < 4.78 is 5.49. The van der Waals surface area contributed by atoms with Gasteiger partial charge in [0.15, 0.2) is 5.76 Å². The minimum atomic E-state index is -1.04. The predicted octanol–water partition coefficient (Wildman–Crippen LogP) is 3.43. The smallest absolute Gasteiger partial charge is 0.337 e. The Hall–Kier alpha value is -3.08. The summed E-state index contributed by atoms with van der Waals surface area (Å²) >= 11 is 0. The van der Waals surface area contributed by atoms with E-state index in [9.17, 15) is 9.59 Å². The molecule has 1 aromatic heterocycles. The molecule has 0 unspecified atom stereocenters. The number of aromatic carboxylic acids is 1. The Kier molecular flexibility index (Phi) is 3.62. The first kappa shape index (κ1) is 13.9. The first-order valence-electron chi connectivity index (χ1n) is 6.73. The lowest BCUT2D eigenvalue weighted by molar-refractivity contribution is 0.0697. The average molecular weight is 295 g/mol. The van der Waals surface area contributed by atoms with E-state index in [1.807, 2.05) is 18.2 Å². The van der Waals surface area contributed by atoms with E-state index >= 15 is 0 Å². The maximum Gasteiger partial charge on any atom is 0.337 e. The molecule has 3 rings (SSSR count). The van der Waals surface area contributed by atoms with Crippen molar-refractivity contribution in [3.63, 3.8) is 0 Å². The number of para-hydroxylation sites is 2. The summed E-state index contributed by atoms with van der Waals surface area (Å²) in [6, 6.07) is 15.5. The Morgan fingerprint density at radius 1 is 1.05 bits per heavy atom. The van der Waals surface area contributed by atoms with Crippen molar-refractivity contribution < 1.29 is 19.1 Å². The highest BCUT2D eigenvalue weighted by Gasteiger charge is 2.14. The minimum absolute atomic E-state index is 0.0376. The first-order chi connectivity index (χ1) is 10.6. The quantitative estimate of drug-likeness (QED) is 0.705. The second-order valence-electron chi connectivity index (χ2n) is 4.78. The third-order valence-corrected chi connectivity index (χ3v) is 3.30. The van der Waals surface area contributed by atoms with Gasteiger partial charge in [-0.1, -0.05) is 30.3 Å². The van der Waals surface area contributed by atoms with E-state index in [0.717, 1.165) is 5.39 Å². The molecule has 1 heterocycles. The van der Waals surface area contributed by atoms with Crippen LogP contribution in [0.5, 0.6) is 0 Å². The number of carbonyl (C=O) groups excluding carboxylic acids is 1. The van der Waals surface area contributed by atoms with Crippen molar-refractivity contribution in [1.82, 2.24) is 0 Å². The number of benzene rings is 2. The molecule has 0 atom stereocenters. The van der Waals surface area contributed by atoms with Crippen molar-refractivity contribution in [1.29, 1.82) is 0 Å².